The molecule has 7 heteroatoms. The van der Waals surface area contributed by atoms with E-state index in [1.807, 2.05) is 48.2 Å². The van der Waals surface area contributed by atoms with Crippen LogP contribution in [-0.2, 0) is 16.0 Å². The molecule has 0 spiro atoms. The second-order valence-corrected chi connectivity index (χ2v) is 8.83. The van der Waals surface area contributed by atoms with E-state index in [9.17, 15) is 14.4 Å². The number of likely N-dealkylation sites (tertiary alicyclic amines) is 1. The third-order valence-corrected chi connectivity index (χ3v) is 6.38. The van der Waals surface area contributed by atoms with Gasteiger partial charge in [0.15, 0.2) is 5.78 Å². The molecule has 2 aromatic rings. The average Bonchev–Trinajstić information content (AvgIpc) is 3.19. The molecule has 1 aromatic heterocycles. The maximum absolute atomic E-state index is 12.6. The van der Waals surface area contributed by atoms with Crippen molar-refractivity contribution in [1.82, 2.24) is 10.2 Å². The van der Waals surface area contributed by atoms with Gasteiger partial charge in [-0.15, -0.1) is 11.3 Å². The summed E-state index contributed by atoms with van der Waals surface area (Å²) in [7, 11) is 1.60. The van der Waals surface area contributed by atoms with Crippen molar-refractivity contribution in [3.63, 3.8) is 0 Å². The summed E-state index contributed by atoms with van der Waals surface area (Å²) < 4.78 is 5.32. The highest BCUT2D eigenvalue weighted by molar-refractivity contribution is 7.14. The van der Waals surface area contributed by atoms with E-state index in [-0.39, 0.29) is 36.5 Å². The lowest BCUT2D eigenvalue weighted by Gasteiger charge is -2.32. The maximum atomic E-state index is 12.6. The van der Waals surface area contributed by atoms with E-state index in [1.165, 1.54) is 11.3 Å². The van der Waals surface area contributed by atoms with Crippen LogP contribution in [0.15, 0.2) is 36.4 Å². The van der Waals surface area contributed by atoms with Crippen LogP contribution in [-0.4, -0.2) is 48.7 Å². The number of hydrogen-bond acceptors (Lipinski definition) is 5. The number of carbonyl (C=O) groups is 3. The van der Waals surface area contributed by atoms with Crippen LogP contribution < -0.4 is 10.1 Å². The molecule has 2 amide bonds. The molecule has 1 saturated heterocycles. The Hall–Kier alpha value is -2.67. The number of hydrogen-bond donors (Lipinski definition) is 1. The number of aryl methyl sites for hydroxylation is 1. The second kappa shape index (κ2) is 10.4. The number of benzene rings is 1. The zero-order valence-electron chi connectivity index (χ0n) is 17.5. The fraction of sp³-hybridized carbons (Fsp3) is 0.435. The number of ether oxygens (including phenoxy) is 1. The first-order chi connectivity index (χ1) is 14.5. The fourth-order valence-electron chi connectivity index (χ4n) is 3.63. The number of rotatable bonds is 8. The molecule has 1 fully saturated rings. The SMILES string of the molecule is COc1ccccc1CC(=O)N1CCC(NC(=O)CCC(=O)c2ccc(C)s2)CC1. The summed E-state index contributed by atoms with van der Waals surface area (Å²) in [4.78, 5) is 40.6. The van der Waals surface area contributed by atoms with Gasteiger partial charge in [-0.2, -0.15) is 0 Å². The summed E-state index contributed by atoms with van der Waals surface area (Å²) in [5, 5.41) is 3.01. The Kier molecular flexibility index (Phi) is 7.63. The van der Waals surface area contributed by atoms with E-state index in [1.54, 1.807) is 7.11 Å². The number of ketones is 1. The van der Waals surface area contributed by atoms with Gasteiger partial charge in [-0.05, 0) is 38.0 Å². The first-order valence-corrected chi connectivity index (χ1v) is 11.1. The number of methoxy groups -OCH3 is 1. The predicted molar refractivity (Wildman–Crippen MR) is 117 cm³/mol. The van der Waals surface area contributed by atoms with Crippen LogP contribution in [0.1, 0.15) is 45.8 Å². The third-order valence-electron chi connectivity index (χ3n) is 5.34. The Morgan fingerprint density at radius 3 is 2.50 bits per heavy atom. The Labute approximate surface area is 181 Å². The highest BCUT2D eigenvalue weighted by Gasteiger charge is 2.24. The molecule has 0 atom stereocenters. The number of thiophene rings is 1. The monoisotopic (exact) mass is 428 g/mol. The Morgan fingerprint density at radius 2 is 1.83 bits per heavy atom. The van der Waals surface area contributed by atoms with Crippen LogP contribution in [0, 0.1) is 6.92 Å². The topological polar surface area (TPSA) is 75.7 Å². The normalized spacial score (nSPS) is 14.4. The van der Waals surface area contributed by atoms with Gasteiger partial charge in [-0.25, -0.2) is 0 Å². The molecule has 1 N–H and O–H groups in total. The van der Waals surface area contributed by atoms with Crippen LogP contribution in [0.5, 0.6) is 5.75 Å². The number of Topliss-reactive ketones (excluding diaryl/α,β-unsaturated/α-hetero) is 1. The predicted octanol–water partition coefficient (Wildman–Crippen LogP) is 3.38. The molecule has 160 valence electrons. The fourth-order valence-corrected chi connectivity index (χ4v) is 4.47. The molecule has 0 unspecified atom stereocenters. The first kappa shape index (κ1) is 22.0. The summed E-state index contributed by atoms with van der Waals surface area (Å²) >= 11 is 1.46. The number of nitrogens with one attached hydrogen (secondary N) is 1. The van der Waals surface area contributed by atoms with Gasteiger partial charge < -0.3 is 15.0 Å². The van der Waals surface area contributed by atoms with Gasteiger partial charge >= 0.3 is 0 Å². The molecule has 2 heterocycles. The highest BCUT2D eigenvalue weighted by atomic mass is 32.1. The molecule has 0 bridgehead atoms. The number of nitrogens with zero attached hydrogens (tertiary/aromatic N) is 1. The minimum atomic E-state index is -0.101. The number of piperidine rings is 1. The van der Waals surface area contributed by atoms with Gasteiger partial charge in [-0.1, -0.05) is 18.2 Å². The van der Waals surface area contributed by atoms with Gasteiger partial charge in [0.2, 0.25) is 11.8 Å². The van der Waals surface area contributed by atoms with Crippen molar-refractivity contribution in [3.05, 3.63) is 51.7 Å². The van der Waals surface area contributed by atoms with E-state index in [0.29, 0.717) is 24.4 Å². The quantitative estimate of drug-likeness (QED) is 0.654. The van der Waals surface area contributed by atoms with Crippen molar-refractivity contribution in [2.45, 2.75) is 45.1 Å². The smallest absolute Gasteiger partial charge is 0.227 e. The molecule has 0 radical (unpaired) electrons. The van der Waals surface area contributed by atoms with E-state index in [2.05, 4.69) is 5.32 Å². The van der Waals surface area contributed by atoms with Gasteiger partial charge in [-0.3, -0.25) is 14.4 Å². The molecule has 0 aliphatic carbocycles. The lowest BCUT2D eigenvalue weighted by Crippen LogP contribution is -2.47. The summed E-state index contributed by atoms with van der Waals surface area (Å²) in [6.45, 7) is 3.19. The number of amides is 2. The van der Waals surface area contributed by atoms with Crippen LogP contribution in [0.2, 0.25) is 0 Å². The largest absolute Gasteiger partial charge is 0.496 e. The molecule has 1 aromatic carbocycles. The molecule has 6 nitrogen and oxygen atoms in total. The number of carbonyl (C=O) groups excluding carboxylic acids is 3. The minimum absolute atomic E-state index is 0.0139. The molecule has 1 aliphatic heterocycles. The summed E-state index contributed by atoms with van der Waals surface area (Å²) in [6.07, 6.45) is 2.18. The van der Waals surface area contributed by atoms with Gasteiger partial charge in [0.25, 0.3) is 0 Å². The van der Waals surface area contributed by atoms with Crippen molar-refractivity contribution < 1.29 is 19.1 Å². The van der Waals surface area contributed by atoms with Crippen molar-refractivity contribution in [2.75, 3.05) is 20.2 Å². The first-order valence-electron chi connectivity index (χ1n) is 10.2. The third kappa shape index (κ3) is 5.92. The van der Waals surface area contributed by atoms with Gasteiger partial charge in [0.1, 0.15) is 5.75 Å². The Bertz CT molecular complexity index is 900. The van der Waals surface area contributed by atoms with Gasteiger partial charge in [0.05, 0.1) is 18.4 Å². The lowest BCUT2D eigenvalue weighted by atomic mass is 10.0. The molecular weight excluding hydrogens is 400 g/mol. The summed E-state index contributed by atoms with van der Waals surface area (Å²) in [5.74, 6) is 0.705. The van der Waals surface area contributed by atoms with Crippen molar-refractivity contribution in [3.8, 4) is 5.75 Å². The maximum Gasteiger partial charge on any atom is 0.227 e. The molecule has 1 aliphatic rings. The second-order valence-electron chi connectivity index (χ2n) is 7.54. The Balaban J connectivity index is 1.40. The standard InChI is InChI=1S/C23H28N2O4S/c1-16-7-9-21(30-16)19(26)8-10-22(27)24-18-11-13-25(14-12-18)23(28)15-17-5-3-4-6-20(17)29-2/h3-7,9,18H,8,10-15H2,1-2H3,(H,24,27). The summed E-state index contributed by atoms with van der Waals surface area (Å²) in [5.41, 5.74) is 0.881. The zero-order chi connectivity index (χ0) is 21.5. The van der Waals surface area contributed by atoms with E-state index < -0.39 is 0 Å². The van der Waals surface area contributed by atoms with Gasteiger partial charge in [0, 0.05) is 42.4 Å². The summed E-state index contributed by atoms with van der Waals surface area (Å²) in [6, 6.07) is 11.3. The van der Waals surface area contributed by atoms with Crippen LogP contribution in [0.4, 0.5) is 0 Å². The molecule has 30 heavy (non-hydrogen) atoms. The zero-order valence-corrected chi connectivity index (χ0v) is 18.3. The molecule has 0 saturated carbocycles. The molecule has 3 rings (SSSR count). The van der Waals surface area contributed by atoms with Crippen molar-refractivity contribution in [1.29, 1.82) is 0 Å². The minimum Gasteiger partial charge on any atom is -0.496 e. The Morgan fingerprint density at radius 1 is 1.10 bits per heavy atom. The van der Waals surface area contributed by atoms with E-state index in [0.717, 1.165) is 29.0 Å². The van der Waals surface area contributed by atoms with Crippen LogP contribution in [0.25, 0.3) is 0 Å². The van der Waals surface area contributed by atoms with E-state index >= 15 is 0 Å². The number of para-hydroxylation sites is 1. The molecular formula is C23H28N2O4S. The lowest BCUT2D eigenvalue weighted by molar-refractivity contribution is -0.131. The highest BCUT2D eigenvalue weighted by Crippen LogP contribution is 2.20. The van der Waals surface area contributed by atoms with Crippen LogP contribution in [0.3, 0.4) is 0 Å². The van der Waals surface area contributed by atoms with Crippen molar-refractivity contribution >= 4 is 28.9 Å². The average molecular weight is 429 g/mol. The van der Waals surface area contributed by atoms with Crippen LogP contribution >= 0.6 is 11.3 Å². The van der Waals surface area contributed by atoms with Crippen molar-refractivity contribution in [2.24, 2.45) is 0 Å². The van der Waals surface area contributed by atoms with E-state index in [4.69, 9.17) is 4.74 Å².